The molecule has 26 heavy (non-hydrogen) atoms. The molecular formula is C19H17FN6. The predicted molar refractivity (Wildman–Crippen MR) is 101 cm³/mol. The number of anilines is 3. The molecule has 7 heteroatoms. The zero-order valence-electron chi connectivity index (χ0n) is 14.0. The molecular weight excluding hydrogens is 331 g/mol. The molecule has 3 aromatic heterocycles. The molecule has 130 valence electrons. The minimum Gasteiger partial charge on any atom is -0.353 e. The quantitative estimate of drug-likeness (QED) is 0.589. The molecule has 0 bridgehead atoms. The Morgan fingerprint density at radius 1 is 1.15 bits per heavy atom. The Morgan fingerprint density at radius 2 is 2.12 bits per heavy atom. The molecule has 0 spiro atoms. The maximum absolute atomic E-state index is 13.6. The average molecular weight is 348 g/mol. The van der Waals surface area contributed by atoms with Crippen LogP contribution in [0.3, 0.4) is 0 Å². The van der Waals surface area contributed by atoms with Gasteiger partial charge in [0.05, 0.1) is 12.1 Å². The summed E-state index contributed by atoms with van der Waals surface area (Å²) >= 11 is 0. The van der Waals surface area contributed by atoms with Crippen LogP contribution in [0.4, 0.5) is 21.7 Å². The van der Waals surface area contributed by atoms with E-state index in [1.807, 2.05) is 41.3 Å². The van der Waals surface area contributed by atoms with Gasteiger partial charge in [0, 0.05) is 30.0 Å². The van der Waals surface area contributed by atoms with E-state index in [-0.39, 0.29) is 0 Å². The van der Waals surface area contributed by atoms with Gasteiger partial charge in [-0.15, -0.1) is 0 Å². The van der Waals surface area contributed by atoms with E-state index in [0.717, 1.165) is 33.3 Å². The van der Waals surface area contributed by atoms with Crippen LogP contribution in [0.5, 0.6) is 0 Å². The maximum atomic E-state index is 13.6. The molecule has 6 nitrogen and oxygen atoms in total. The molecule has 1 saturated heterocycles. The van der Waals surface area contributed by atoms with E-state index in [1.54, 1.807) is 12.4 Å². The summed E-state index contributed by atoms with van der Waals surface area (Å²) < 4.78 is 13.6. The van der Waals surface area contributed by atoms with Crippen LogP contribution < -0.4 is 10.2 Å². The first-order valence-corrected chi connectivity index (χ1v) is 8.62. The number of pyridine rings is 2. The van der Waals surface area contributed by atoms with E-state index < -0.39 is 6.17 Å². The first-order chi connectivity index (χ1) is 12.8. The molecule has 1 aliphatic rings. The van der Waals surface area contributed by atoms with Crippen molar-refractivity contribution in [1.82, 2.24) is 20.2 Å². The van der Waals surface area contributed by atoms with Gasteiger partial charge in [-0.2, -0.15) is 5.10 Å². The molecule has 0 aliphatic carbocycles. The number of aromatic nitrogens is 4. The van der Waals surface area contributed by atoms with Gasteiger partial charge in [-0.05, 0) is 48.2 Å². The molecule has 2 N–H and O–H groups in total. The lowest BCUT2D eigenvalue weighted by molar-refractivity contribution is 0.364. The van der Waals surface area contributed by atoms with Gasteiger partial charge in [0.15, 0.2) is 5.82 Å². The summed E-state index contributed by atoms with van der Waals surface area (Å²) in [5, 5.41) is 12.7. The fourth-order valence-corrected chi connectivity index (χ4v) is 3.48. The summed E-state index contributed by atoms with van der Waals surface area (Å²) in [6.07, 6.45) is 3.32. The van der Waals surface area contributed by atoms with Gasteiger partial charge < -0.3 is 10.2 Å². The van der Waals surface area contributed by atoms with Gasteiger partial charge in [-0.1, -0.05) is 0 Å². The Labute approximate surface area is 149 Å². The number of benzene rings is 1. The standard InChI is InChI=1S/C19H17FN6/c20-13-6-9-26(11-13)19-15-4-3-14(10-12(15)5-8-22-19)23-18-17-16(24-25-18)2-1-7-21-17/h1-5,7-8,10,13H,6,9,11H2,(H2,23,24,25). The highest BCUT2D eigenvalue weighted by atomic mass is 19.1. The lowest BCUT2D eigenvalue weighted by Crippen LogP contribution is -2.21. The zero-order valence-corrected chi connectivity index (χ0v) is 14.0. The molecule has 4 heterocycles. The molecule has 1 unspecified atom stereocenters. The van der Waals surface area contributed by atoms with E-state index >= 15 is 0 Å². The van der Waals surface area contributed by atoms with Crippen LogP contribution in [0.25, 0.3) is 21.8 Å². The van der Waals surface area contributed by atoms with Crippen molar-refractivity contribution in [3.8, 4) is 0 Å². The lowest BCUT2D eigenvalue weighted by atomic mass is 10.1. The number of nitrogens with zero attached hydrogens (tertiary/aromatic N) is 4. The molecule has 1 aliphatic heterocycles. The van der Waals surface area contributed by atoms with Crippen molar-refractivity contribution in [3.05, 3.63) is 48.8 Å². The van der Waals surface area contributed by atoms with Crippen LogP contribution in [-0.4, -0.2) is 39.4 Å². The number of fused-ring (bicyclic) bond motifs is 2. The highest BCUT2D eigenvalue weighted by Gasteiger charge is 2.24. The summed E-state index contributed by atoms with van der Waals surface area (Å²) in [4.78, 5) is 10.9. The predicted octanol–water partition coefficient (Wildman–Crippen LogP) is 3.80. The minimum atomic E-state index is -0.770. The van der Waals surface area contributed by atoms with Gasteiger partial charge in [-0.3, -0.25) is 10.1 Å². The number of halogens is 1. The van der Waals surface area contributed by atoms with Crippen LogP contribution in [0.1, 0.15) is 6.42 Å². The monoisotopic (exact) mass is 348 g/mol. The Morgan fingerprint density at radius 3 is 3.00 bits per heavy atom. The topological polar surface area (TPSA) is 69.7 Å². The smallest absolute Gasteiger partial charge is 0.178 e. The summed E-state index contributed by atoms with van der Waals surface area (Å²) in [6, 6.07) is 11.8. The summed E-state index contributed by atoms with van der Waals surface area (Å²) in [6.45, 7) is 1.12. The van der Waals surface area contributed by atoms with Crippen LogP contribution >= 0.6 is 0 Å². The molecule has 0 saturated carbocycles. The molecule has 1 fully saturated rings. The molecule has 0 radical (unpaired) electrons. The third kappa shape index (κ3) is 2.52. The highest BCUT2D eigenvalue weighted by Crippen LogP contribution is 2.31. The van der Waals surface area contributed by atoms with E-state index in [1.165, 1.54) is 0 Å². The first kappa shape index (κ1) is 15.1. The lowest BCUT2D eigenvalue weighted by Gasteiger charge is -2.18. The van der Waals surface area contributed by atoms with Crippen molar-refractivity contribution >= 4 is 39.1 Å². The van der Waals surface area contributed by atoms with E-state index in [4.69, 9.17) is 0 Å². The van der Waals surface area contributed by atoms with Crippen molar-refractivity contribution in [3.63, 3.8) is 0 Å². The van der Waals surface area contributed by atoms with Gasteiger partial charge >= 0.3 is 0 Å². The van der Waals surface area contributed by atoms with Crippen LogP contribution in [0.15, 0.2) is 48.8 Å². The number of H-pyrrole nitrogens is 1. The van der Waals surface area contributed by atoms with Crippen LogP contribution in [0, 0.1) is 0 Å². The van der Waals surface area contributed by atoms with Crippen molar-refractivity contribution in [2.45, 2.75) is 12.6 Å². The molecule has 1 aromatic carbocycles. The molecule has 4 aromatic rings. The number of alkyl halides is 1. The van der Waals surface area contributed by atoms with Crippen molar-refractivity contribution in [1.29, 1.82) is 0 Å². The number of hydrogen-bond donors (Lipinski definition) is 2. The first-order valence-electron chi connectivity index (χ1n) is 8.62. The largest absolute Gasteiger partial charge is 0.353 e. The minimum absolute atomic E-state index is 0.414. The third-order valence-electron chi connectivity index (χ3n) is 4.76. The van der Waals surface area contributed by atoms with Gasteiger partial charge in [-0.25, -0.2) is 9.37 Å². The fraction of sp³-hybridized carbons (Fsp3) is 0.211. The number of hydrogen-bond acceptors (Lipinski definition) is 5. The summed E-state index contributed by atoms with van der Waals surface area (Å²) in [5.74, 6) is 1.54. The molecule has 1 atom stereocenters. The van der Waals surface area contributed by atoms with E-state index in [2.05, 4.69) is 25.5 Å². The normalized spacial score (nSPS) is 17.3. The Hall–Kier alpha value is -3.22. The van der Waals surface area contributed by atoms with E-state index in [9.17, 15) is 4.39 Å². The van der Waals surface area contributed by atoms with E-state index in [0.29, 0.717) is 25.3 Å². The summed E-state index contributed by atoms with van der Waals surface area (Å²) in [5.41, 5.74) is 2.60. The second-order valence-electron chi connectivity index (χ2n) is 6.50. The average Bonchev–Trinajstić information content (AvgIpc) is 3.28. The maximum Gasteiger partial charge on any atom is 0.178 e. The zero-order chi connectivity index (χ0) is 17.5. The van der Waals surface area contributed by atoms with Crippen molar-refractivity contribution in [2.24, 2.45) is 0 Å². The van der Waals surface area contributed by atoms with Gasteiger partial charge in [0.1, 0.15) is 17.5 Å². The van der Waals surface area contributed by atoms with Crippen molar-refractivity contribution < 1.29 is 4.39 Å². The third-order valence-corrected chi connectivity index (χ3v) is 4.76. The SMILES string of the molecule is FC1CCN(c2nccc3cc(Nc4n[nH]c5cccnc45)ccc23)C1. The highest BCUT2D eigenvalue weighted by molar-refractivity contribution is 5.95. The summed E-state index contributed by atoms with van der Waals surface area (Å²) in [7, 11) is 0. The molecule has 0 amide bonds. The number of nitrogens with one attached hydrogen (secondary N) is 2. The fourth-order valence-electron chi connectivity index (χ4n) is 3.48. The van der Waals surface area contributed by atoms with Crippen LogP contribution in [-0.2, 0) is 0 Å². The number of rotatable bonds is 3. The van der Waals surface area contributed by atoms with Gasteiger partial charge in [0.2, 0.25) is 0 Å². The Bertz CT molecular complexity index is 1090. The second-order valence-corrected chi connectivity index (χ2v) is 6.50. The molecule has 5 rings (SSSR count). The Balaban J connectivity index is 1.50. The number of aromatic amines is 1. The van der Waals surface area contributed by atoms with Crippen molar-refractivity contribution in [2.75, 3.05) is 23.3 Å². The Kier molecular flexibility index (Phi) is 3.44. The van der Waals surface area contributed by atoms with Gasteiger partial charge in [0.25, 0.3) is 0 Å². The second kappa shape index (κ2) is 5.94. The van der Waals surface area contributed by atoms with Crippen LogP contribution in [0.2, 0.25) is 0 Å².